The summed E-state index contributed by atoms with van der Waals surface area (Å²) in [5.74, 6) is 1.80. The molecule has 0 N–H and O–H groups in total. The Morgan fingerprint density at radius 2 is 2.31 bits per heavy atom. The summed E-state index contributed by atoms with van der Waals surface area (Å²) in [4.78, 5) is 0. The van der Waals surface area contributed by atoms with Crippen LogP contribution in [0.2, 0.25) is 0 Å². The topological polar surface area (TPSA) is 26.3 Å². The molecule has 0 aromatic rings. The first kappa shape index (κ1) is 10.8. The Kier molecular flexibility index (Phi) is 3.97. The van der Waals surface area contributed by atoms with Crippen molar-refractivity contribution in [3.8, 4) is 0 Å². The molecule has 1 aliphatic rings. The molecule has 1 fully saturated rings. The van der Waals surface area contributed by atoms with E-state index in [1.54, 1.807) is 0 Å². The molecule has 0 bridgehead atoms. The molecular weight excluding hydrogens is 184 g/mol. The van der Waals surface area contributed by atoms with E-state index in [2.05, 4.69) is 13.5 Å². The van der Waals surface area contributed by atoms with Gasteiger partial charge < -0.3 is 4.74 Å². The molecule has 1 aliphatic heterocycles. The van der Waals surface area contributed by atoms with Gasteiger partial charge in [0.05, 0.1) is 12.9 Å². The van der Waals surface area contributed by atoms with Crippen molar-refractivity contribution in [1.82, 2.24) is 0 Å². The molecule has 0 aromatic carbocycles. The van der Waals surface area contributed by atoms with Crippen molar-refractivity contribution in [3.05, 3.63) is 12.8 Å². The lowest BCUT2D eigenvalue weighted by Crippen LogP contribution is -2.44. The second-order valence-electron chi connectivity index (χ2n) is 3.72. The lowest BCUT2D eigenvalue weighted by Gasteiger charge is -2.40. The van der Waals surface area contributed by atoms with Crippen LogP contribution in [0.5, 0.6) is 0 Å². The van der Waals surface area contributed by atoms with Crippen molar-refractivity contribution in [1.29, 1.82) is 0 Å². The van der Waals surface area contributed by atoms with Gasteiger partial charge in [0.15, 0.2) is 0 Å². The molecule has 0 atom stereocenters. The van der Waals surface area contributed by atoms with Gasteiger partial charge in [-0.2, -0.15) is 0 Å². The zero-order valence-electron chi connectivity index (χ0n) is 8.25. The van der Waals surface area contributed by atoms with Gasteiger partial charge in [0.25, 0.3) is 0 Å². The SMILES string of the molecule is C=COCCCC1(CC)CS(=O)C1. The van der Waals surface area contributed by atoms with Crippen LogP contribution >= 0.6 is 0 Å². The summed E-state index contributed by atoms with van der Waals surface area (Å²) in [5, 5.41) is 0. The highest BCUT2D eigenvalue weighted by Gasteiger charge is 2.40. The second kappa shape index (κ2) is 4.80. The Bertz CT molecular complexity index is 193. The van der Waals surface area contributed by atoms with E-state index in [0.717, 1.165) is 37.4 Å². The van der Waals surface area contributed by atoms with E-state index in [4.69, 9.17) is 4.74 Å². The van der Waals surface area contributed by atoms with Crippen LogP contribution in [0.15, 0.2) is 12.8 Å². The van der Waals surface area contributed by atoms with E-state index < -0.39 is 10.8 Å². The Morgan fingerprint density at radius 3 is 2.77 bits per heavy atom. The van der Waals surface area contributed by atoms with E-state index >= 15 is 0 Å². The first-order valence-electron chi connectivity index (χ1n) is 4.80. The largest absolute Gasteiger partial charge is 0.502 e. The molecule has 0 radical (unpaired) electrons. The maximum atomic E-state index is 11.0. The Labute approximate surface area is 82.8 Å². The van der Waals surface area contributed by atoms with E-state index in [-0.39, 0.29) is 0 Å². The molecule has 0 saturated carbocycles. The molecule has 76 valence electrons. The summed E-state index contributed by atoms with van der Waals surface area (Å²) in [6, 6.07) is 0. The van der Waals surface area contributed by atoms with Crippen molar-refractivity contribution in [2.24, 2.45) is 5.41 Å². The minimum Gasteiger partial charge on any atom is -0.502 e. The summed E-state index contributed by atoms with van der Waals surface area (Å²) in [6.07, 6.45) is 4.82. The number of ether oxygens (including phenoxy) is 1. The summed E-state index contributed by atoms with van der Waals surface area (Å²) in [6.45, 7) is 6.42. The van der Waals surface area contributed by atoms with Gasteiger partial charge in [-0.1, -0.05) is 13.5 Å². The third kappa shape index (κ3) is 2.83. The van der Waals surface area contributed by atoms with Crippen LogP contribution in [0.25, 0.3) is 0 Å². The van der Waals surface area contributed by atoms with E-state index in [0.29, 0.717) is 5.41 Å². The molecule has 0 aromatic heterocycles. The third-order valence-corrected chi connectivity index (χ3v) is 4.64. The fourth-order valence-corrected chi connectivity index (χ4v) is 3.76. The van der Waals surface area contributed by atoms with Crippen LogP contribution in [0.1, 0.15) is 26.2 Å². The quantitative estimate of drug-likeness (QED) is 0.487. The lowest BCUT2D eigenvalue weighted by atomic mass is 9.84. The number of hydrogen-bond donors (Lipinski definition) is 0. The Balaban J connectivity index is 2.18. The summed E-state index contributed by atoms with van der Waals surface area (Å²) >= 11 is 0. The summed E-state index contributed by atoms with van der Waals surface area (Å²) < 4.78 is 16.1. The average molecular weight is 202 g/mol. The minimum atomic E-state index is -0.529. The lowest BCUT2D eigenvalue weighted by molar-refractivity contribution is 0.209. The molecular formula is C10H18O2S. The zero-order chi connectivity index (χ0) is 9.73. The number of rotatable bonds is 6. The van der Waals surface area contributed by atoms with Gasteiger partial charge in [-0.3, -0.25) is 4.21 Å². The average Bonchev–Trinajstić information content (AvgIpc) is 2.08. The predicted molar refractivity (Wildman–Crippen MR) is 56.0 cm³/mol. The summed E-state index contributed by atoms with van der Waals surface area (Å²) in [7, 11) is -0.529. The van der Waals surface area contributed by atoms with Crippen molar-refractivity contribution in [3.63, 3.8) is 0 Å². The highest BCUT2D eigenvalue weighted by Crippen LogP contribution is 2.38. The highest BCUT2D eigenvalue weighted by atomic mass is 32.2. The zero-order valence-corrected chi connectivity index (χ0v) is 9.07. The van der Waals surface area contributed by atoms with Crippen molar-refractivity contribution in [2.45, 2.75) is 26.2 Å². The molecule has 13 heavy (non-hydrogen) atoms. The van der Waals surface area contributed by atoms with E-state index in [1.165, 1.54) is 6.26 Å². The Morgan fingerprint density at radius 1 is 1.62 bits per heavy atom. The maximum absolute atomic E-state index is 11.0. The van der Waals surface area contributed by atoms with Crippen LogP contribution in [0.4, 0.5) is 0 Å². The van der Waals surface area contributed by atoms with Gasteiger partial charge in [0, 0.05) is 22.3 Å². The Hall–Kier alpha value is -0.310. The second-order valence-corrected chi connectivity index (χ2v) is 5.18. The van der Waals surface area contributed by atoms with Gasteiger partial charge in [0.1, 0.15) is 0 Å². The molecule has 2 nitrogen and oxygen atoms in total. The molecule has 0 spiro atoms. The van der Waals surface area contributed by atoms with Gasteiger partial charge >= 0.3 is 0 Å². The molecule has 1 saturated heterocycles. The molecule has 0 aliphatic carbocycles. The fraction of sp³-hybridized carbons (Fsp3) is 0.800. The molecule has 3 heteroatoms. The standard InChI is InChI=1S/C10H18O2S/c1-3-10(8-13(11)9-10)6-5-7-12-4-2/h4H,2-3,5-9H2,1H3. The van der Waals surface area contributed by atoms with Crippen molar-refractivity contribution in [2.75, 3.05) is 18.1 Å². The molecule has 1 rings (SSSR count). The van der Waals surface area contributed by atoms with Crippen LogP contribution in [0, 0.1) is 5.41 Å². The highest BCUT2D eigenvalue weighted by molar-refractivity contribution is 7.86. The first-order chi connectivity index (χ1) is 6.22. The molecule has 0 amide bonds. The maximum Gasteiger partial charge on any atom is 0.0873 e. The van der Waals surface area contributed by atoms with Crippen LogP contribution in [0.3, 0.4) is 0 Å². The van der Waals surface area contributed by atoms with E-state index in [9.17, 15) is 4.21 Å². The van der Waals surface area contributed by atoms with Crippen LogP contribution in [-0.2, 0) is 15.5 Å². The smallest absolute Gasteiger partial charge is 0.0873 e. The van der Waals surface area contributed by atoms with Gasteiger partial charge in [-0.05, 0) is 24.7 Å². The third-order valence-electron chi connectivity index (χ3n) is 2.77. The van der Waals surface area contributed by atoms with Crippen molar-refractivity contribution < 1.29 is 8.95 Å². The van der Waals surface area contributed by atoms with Crippen molar-refractivity contribution >= 4 is 10.8 Å². The monoisotopic (exact) mass is 202 g/mol. The van der Waals surface area contributed by atoms with Gasteiger partial charge in [-0.15, -0.1) is 0 Å². The van der Waals surface area contributed by atoms with Gasteiger partial charge in [0.2, 0.25) is 0 Å². The van der Waals surface area contributed by atoms with Crippen LogP contribution < -0.4 is 0 Å². The molecule has 1 heterocycles. The number of hydrogen-bond acceptors (Lipinski definition) is 2. The van der Waals surface area contributed by atoms with Gasteiger partial charge in [-0.25, -0.2) is 0 Å². The summed E-state index contributed by atoms with van der Waals surface area (Å²) in [5.41, 5.74) is 0.370. The normalized spacial score (nSPS) is 32.2. The first-order valence-corrected chi connectivity index (χ1v) is 6.29. The van der Waals surface area contributed by atoms with Crippen LogP contribution in [-0.4, -0.2) is 22.3 Å². The molecule has 0 unspecified atom stereocenters. The minimum absolute atomic E-state index is 0.370. The van der Waals surface area contributed by atoms with E-state index in [1.807, 2.05) is 0 Å². The predicted octanol–water partition coefficient (Wildman–Crippen LogP) is 2.09. The fourth-order valence-electron chi connectivity index (χ4n) is 1.78.